The number of hydrogen-bond acceptors (Lipinski definition) is 3. The molecule has 0 amide bonds. The maximum atomic E-state index is 12.3. The summed E-state index contributed by atoms with van der Waals surface area (Å²) in [6.07, 6.45) is 0. The van der Waals surface area contributed by atoms with E-state index in [1.165, 1.54) is 0 Å². The molecule has 1 atom stereocenters. The molecule has 22 heavy (non-hydrogen) atoms. The highest BCUT2D eigenvalue weighted by molar-refractivity contribution is 7.88. The zero-order chi connectivity index (χ0) is 16.2. The molecule has 6 heteroatoms. The summed E-state index contributed by atoms with van der Waals surface area (Å²) in [7, 11) is -1.96. The Hall–Kier alpha value is -1.56. The number of sulfonamides is 1. The highest BCUT2D eigenvalue weighted by atomic mass is 35.5. The van der Waals surface area contributed by atoms with Crippen LogP contribution in [0.5, 0.6) is 5.75 Å². The Bertz CT molecular complexity index is 747. The molecule has 0 saturated carbocycles. The van der Waals surface area contributed by atoms with Crippen molar-refractivity contribution in [2.45, 2.75) is 18.7 Å². The Kier molecular flexibility index (Phi) is 5.45. The van der Waals surface area contributed by atoms with Crippen LogP contribution in [0.1, 0.15) is 24.1 Å². The number of halogens is 1. The second-order valence-electron chi connectivity index (χ2n) is 4.93. The molecule has 2 aromatic carbocycles. The molecule has 0 aliphatic carbocycles. The van der Waals surface area contributed by atoms with Gasteiger partial charge in [0.2, 0.25) is 10.0 Å². The van der Waals surface area contributed by atoms with Crippen molar-refractivity contribution in [3.8, 4) is 5.75 Å². The molecule has 0 unspecified atom stereocenters. The molecule has 0 aliphatic heterocycles. The van der Waals surface area contributed by atoms with E-state index in [9.17, 15) is 8.42 Å². The van der Waals surface area contributed by atoms with Crippen LogP contribution in [0.3, 0.4) is 0 Å². The molecule has 2 rings (SSSR count). The van der Waals surface area contributed by atoms with Crippen molar-refractivity contribution in [3.05, 3.63) is 64.7 Å². The second-order valence-corrected chi connectivity index (χ2v) is 7.09. The summed E-state index contributed by atoms with van der Waals surface area (Å²) in [5.41, 5.74) is 1.36. The van der Waals surface area contributed by atoms with Gasteiger partial charge in [-0.15, -0.1) is 0 Å². The standard InChI is InChI=1S/C16H18ClNO3S/c1-12(14-8-4-6-10-16(14)21-2)18-22(19,20)11-13-7-3-5-9-15(13)17/h3-10,12,18H,11H2,1-2H3/t12-/m1/s1. The molecule has 0 aliphatic rings. The molecular formula is C16H18ClNO3S. The predicted molar refractivity (Wildman–Crippen MR) is 88.6 cm³/mol. The van der Waals surface area contributed by atoms with Crippen molar-refractivity contribution >= 4 is 21.6 Å². The Balaban J connectivity index is 2.16. The first kappa shape index (κ1) is 16.8. The summed E-state index contributed by atoms with van der Waals surface area (Å²) >= 11 is 6.02. The predicted octanol–water partition coefficient (Wildman–Crippen LogP) is 3.53. The third-order valence-electron chi connectivity index (χ3n) is 3.27. The number of rotatable bonds is 6. The van der Waals surface area contributed by atoms with E-state index in [0.29, 0.717) is 16.3 Å². The van der Waals surface area contributed by atoms with Crippen LogP contribution in [-0.4, -0.2) is 15.5 Å². The van der Waals surface area contributed by atoms with Gasteiger partial charge in [0.25, 0.3) is 0 Å². The fourth-order valence-electron chi connectivity index (χ4n) is 2.22. The minimum atomic E-state index is -3.52. The van der Waals surface area contributed by atoms with Crippen LogP contribution in [0.2, 0.25) is 5.02 Å². The average Bonchev–Trinajstić information content (AvgIpc) is 2.49. The van der Waals surface area contributed by atoms with Crippen molar-refractivity contribution in [1.82, 2.24) is 4.72 Å². The van der Waals surface area contributed by atoms with Gasteiger partial charge < -0.3 is 4.74 Å². The van der Waals surface area contributed by atoms with Gasteiger partial charge in [-0.2, -0.15) is 0 Å². The third kappa shape index (κ3) is 4.22. The van der Waals surface area contributed by atoms with Gasteiger partial charge in [-0.3, -0.25) is 0 Å². The number of methoxy groups -OCH3 is 1. The number of nitrogens with one attached hydrogen (secondary N) is 1. The van der Waals surface area contributed by atoms with Crippen LogP contribution < -0.4 is 9.46 Å². The van der Waals surface area contributed by atoms with Crippen LogP contribution in [0.4, 0.5) is 0 Å². The molecule has 0 bridgehead atoms. The monoisotopic (exact) mass is 339 g/mol. The molecule has 0 fully saturated rings. The summed E-state index contributed by atoms with van der Waals surface area (Å²) in [6, 6.07) is 13.8. The molecule has 2 aromatic rings. The van der Waals surface area contributed by atoms with Gasteiger partial charge >= 0.3 is 0 Å². The number of benzene rings is 2. The first-order valence-electron chi connectivity index (χ1n) is 6.79. The van der Waals surface area contributed by atoms with Crippen molar-refractivity contribution in [2.75, 3.05) is 7.11 Å². The summed E-state index contributed by atoms with van der Waals surface area (Å²) < 4.78 is 32.6. The minimum Gasteiger partial charge on any atom is -0.496 e. The first-order valence-corrected chi connectivity index (χ1v) is 8.82. The van der Waals surface area contributed by atoms with Gasteiger partial charge in [-0.1, -0.05) is 48.0 Å². The molecule has 1 N–H and O–H groups in total. The van der Waals surface area contributed by atoms with Crippen LogP contribution in [0.15, 0.2) is 48.5 Å². The van der Waals surface area contributed by atoms with E-state index < -0.39 is 16.1 Å². The Morgan fingerprint density at radius 1 is 1.14 bits per heavy atom. The summed E-state index contributed by atoms with van der Waals surface area (Å²) in [5.74, 6) is 0.488. The van der Waals surface area contributed by atoms with Gasteiger partial charge in [0.1, 0.15) is 5.75 Å². The molecule has 118 valence electrons. The lowest BCUT2D eigenvalue weighted by Crippen LogP contribution is -2.28. The van der Waals surface area contributed by atoms with Gasteiger partial charge in [0.15, 0.2) is 0 Å². The Morgan fingerprint density at radius 2 is 1.77 bits per heavy atom. The lowest BCUT2D eigenvalue weighted by Gasteiger charge is -2.17. The maximum absolute atomic E-state index is 12.3. The number of ether oxygens (including phenoxy) is 1. The zero-order valence-corrected chi connectivity index (χ0v) is 14.0. The van der Waals surface area contributed by atoms with Gasteiger partial charge in [-0.25, -0.2) is 13.1 Å². The van der Waals surface area contributed by atoms with E-state index >= 15 is 0 Å². The molecular weight excluding hydrogens is 322 g/mol. The van der Waals surface area contributed by atoms with E-state index in [4.69, 9.17) is 16.3 Å². The van der Waals surface area contributed by atoms with Crippen LogP contribution in [0, 0.1) is 0 Å². The van der Waals surface area contributed by atoms with E-state index in [1.54, 1.807) is 44.4 Å². The van der Waals surface area contributed by atoms with E-state index in [1.807, 2.05) is 18.2 Å². The largest absolute Gasteiger partial charge is 0.496 e. The van der Waals surface area contributed by atoms with Gasteiger partial charge in [-0.05, 0) is 24.6 Å². The summed E-state index contributed by atoms with van der Waals surface area (Å²) in [5, 5.41) is 0.442. The first-order chi connectivity index (χ1) is 10.4. The second kappa shape index (κ2) is 7.13. The zero-order valence-electron chi connectivity index (χ0n) is 12.4. The minimum absolute atomic E-state index is 0.161. The smallest absolute Gasteiger partial charge is 0.216 e. The Morgan fingerprint density at radius 3 is 2.45 bits per heavy atom. The van der Waals surface area contributed by atoms with Crippen LogP contribution >= 0.6 is 11.6 Å². The highest BCUT2D eigenvalue weighted by Gasteiger charge is 2.19. The average molecular weight is 340 g/mol. The number of hydrogen-bond donors (Lipinski definition) is 1. The summed E-state index contributed by atoms with van der Waals surface area (Å²) in [4.78, 5) is 0. The third-order valence-corrected chi connectivity index (χ3v) is 5.04. The summed E-state index contributed by atoms with van der Waals surface area (Å²) in [6.45, 7) is 1.78. The van der Waals surface area contributed by atoms with Crippen molar-refractivity contribution in [1.29, 1.82) is 0 Å². The normalized spacial score (nSPS) is 12.9. The molecule has 4 nitrogen and oxygen atoms in total. The fraction of sp³-hybridized carbons (Fsp3) is 0.250. The molecule has 0 radical (unpaired) electrons. The SMILES string of the molecule is COc1ccccc1[C@@H](C)NS(=O)(=O)Cc1ccccc1Cl. The van der Waals surface area contributed by atoms with E-state index in [2.05, 4.69) is 4.72 Å². The highest BCUT2D eigenvalue weighted by Crippen LogP contribution is 2.25. The molecule has 0 heterocycles. The van der Waals surface area contributed by atoms with Gasteiger partial charge in [0.05, 0.1) is 12.9 Å². The van der Waals surface area contributed by atoms with E-state index in [-0.39, 0.29) is 5.75 Å². The molecule has 0 aromatic heterocycles. The number of para-hydroxylation sites is 1. The molecule has 0 saturated heterocycles. The molecule has 0 spiro atoms. The lowest BCUT2D eigenvalue weighted by molar-refractivity contribution is 0.405. The quantitative estimate of drug-likeness (QED) is 0.876. The fourth-order valence-corrected chi connectivity index (χ4v) is 3.91. The lowest BCUT2D eigenvalue weighted by atomic mass is 10.1. The maximum Gasteiger partial charge on any atom is 0.216 e. The van der Waals surface area contributed by atoms with Crippen molar-refractivity contribution < 1.29 is 13.2 Å². The van der Waals surface area contributed by atoms with Gasteiger partial charge in [0, 0.05) is 16.6 Å². The Labute approximate surface area is 136 Å². The van der Waals surface area contributed by atoms with E-state index in [0.717, 1.165) is 5.56 Å². The van der Waals surface area contributed by atoms with Crippen LogP contribution in [0.25, 0.3) is 0 Å². The topological polar surface area (TPSA) is 55.4 Å². The van der Waals surface area contributed by atoms with Crippen molar-refractivity contribution in [2.24, 2.45) is 0 Å². The van der Waals surface area contributed by atoms with Crippen molar-refractivity contribution in [3.63, 3.8) is 0 Å². The van der Waals surface area contributed by atoms with Crippen LogP contribution in [-0.2, 0) is 15.8 Å².